The molecule has 4 saturated heterocycles. The number of hydrogen-bond acceptors (Lipinski definition) is 18. The van der Waals surface area contributed by atoms with Gasteiger partial charge in [-0.1, -0.05) is 127 Å². The number of ether oxygens (including phenoxy) is 12. The van der Waals surface area contributed by atoms with Crippen LogP contribution in [0.25, 0.3) is 0 Å². The number of esters is 1. The standard InChI is InChI=1S/C72H82N6O14/c1-9-75(10-2)50-32-34-54-56(36-50)86-57-37-51(76(11-3)12-4)33-35-55(57)72(54)53-31-23-22-30-52(53)67(80)78(72)39-49-38-77(74-73-49)40-60(79)81-44-58-61(82-41-46-24-16-13-17-25-46)63(83-42-47-26-18-14-19-27-47)65(84-43-48-28-20-15-21-29-48)68(87-58)85-45-59-62-64(90-70(5,6)89-62)66-69(88-59)92-71(7,8)91-66/h13-38,58-59,61-66,68-69H,9-12,39-45H2,1-8H3/t58-,59-,61-,62+,63+,64+,65-,66-,68-,69-/m1/s1. The number of nitrogens with zero attached hydrogens (tertiary/aromatic N) is 6. The molecule has 6 aliphatic rings. The topological polar surface area (TPSA) is 185 Å². The van der Waals surface area contributed by atoms with Crippen LogP contribution in [0.5, 0.6) is 11.5 Å². The number of anilines is 2. The molecule has 0 saturated carbocycles. The molecule has 20 heteroatoms. The van der Waals surface area contributed by atoms with E-state index in [1.165, 1.54) is 4.68 Å². The molecule has 0 radical (unpaired) electrons. The zero-order valence-electron chi connectivity index (χ0n) is 53.5. The Morgan fingerprint density at radius 2 is 1.09 bits per heavy atom. The van der Waals surface area contributed by atoms with Crippen molar-refractivity contribution in [2.75, 3.05) is 49.2 Å². The van der Waals surface area contributed by atoms with Gasteiger partial charge in [-0.05, 0) is 95.8 Å². The maximum atomic E-state index is 15.2. The zero-order valence-corrected chi connectivity index (χ0v) is 53.5. The third kappa shape index (κ3) is 12.7. The minimum absolute atomic E-state index is 0.0386. The molecule has 13 rings (SSSR count). The predicted octanol–water partition coefficient (Wildman–Crippen LogP) is 10.5. The second kappa shape index (κ2) is 26.8. The molecule has 1 spiro atoms. The van der Waals surface area contributed by atoms with Crippen molar-refractivity contribution in [3.8, 4) is 11.5 Å². The van der Waals surface area contributed by atoms with Crippen LogP contribution in [0.2, 0.25) is 0 Å². The largest absolute Gasteiger partial charge is 0.461 e. The van der Waals surface area contributed by atoms with E-state index in [1.807, 2.05) is 148 Å². The first-order valence-corrected chi connectivity index (χ1v) is 32.2. The van der Waals surface area contributed by atoms with Gasteiger partial charge < -0.3 is 71.5 Å². The Morgan fingerprint density at radius 3 is 1.68 bits per heavy atom. The summed E-state index contributed by atoms with van der Waals surface area (Å²) >= 11 is 0. The second-order valence-electron chi connectivity index (χ2n) is 24.9. The predicted molar refractivity (Wildman–Crippen MR) is 339 cm³/mol. The molecule has 20 nitrogen and oxygen atoms in total. The number of rotatable bonds is 24. The summed E-state index contributed by atoms with van der Waals surface area (Å²) < 4.78 is 81.5. The molecule has 0 aliphatic carbocycles. The van der Waals surface area contributed by atoms with Crippen LogP contribution >= 0.6 is 0 Å². The molecule has 6 aliphatic heterocycles. The second-order valence-corrected chi connectivity index (χ2v) is 24.9. The molecule has 484 valence electrons. The van der Waals surface area contributed by atoms with Crippen LogP contribution in [0.1, 0.15) is 105 Å². The van der Waals surface area contributed by atoms with Crippen LogP contribution in [-0.2, 0) is 95.3 Å². The maximum absolute atomic E-state index is 15.2. The van der Waals surface area contributed by atoms with Crippen molar-refractivity contribution in [1.29, 1.82) is 0 Å². The third-order valence-electron chi connectivity index (χ3n) is 18.1. The lowest BCUT2D eigenvalue weighted by atomic mass is 9.74. The fourth-order valence-corrected chi connectivity index (χ4v) is 13.9. The fraction of sp³-hybridized carbons (Fsp3) is 0.444. The van der Waals surface area contributed by atoms with Crippen LogP contribution in [0.3, 0.4) is 0 Å². The van der Waals surface area contributed by atoms with E-state index >= 15 is 4.79 Å². The first-order chi connectivity index (χ1) is 44.6. The van der Waals surface area contributed by atoms with Gasteiger partial charge in [0.15, 0.2) is 24.2 Å². The van der Waals surface area contributed by atoms with Crippen molar-refractivity contribution in [2.24, 2.45) is 0 Å². The Hall–Kier alpha value is -7.60. The normalized spacial score (nSPS) is 25.3. The minimum atomic E-state index is -1.14. The van der Waals surface area contributed by atoms with E-state index in [4.69, 9.17) is 56.8 Å². The molecule has 1 amide bonds. The third-order valence-corrected chi connectivity index (χ3v) is 18.1. The highest BCUT2D eigenvalue weighted by Crippen LogP contribution is 2.59. The SMILES string of the molecule is CCN(CC)c1ccc2c(c1)Oc1cc(N(CC)CC)ccc1C21c2ccccc2C(=O)N1Cc1cn(CC(=O)OC[C@H]2O[C@@H](OC[C@H]3O[C@@H]4OC(C)(C)O[C@@H]4[C@H]4OC(C)(C)O[C@H]43)[C@H](OCc3ccccc3)[C@@H](OCc3ccccc3)[C@@H]2OCc2ccccc2)nn1. The summed E-state index contributed by atoms with van der Waals surface area (Å²) in [5.41, 5.74) is 7.14. The summed E-state index contributed by atoms with van der Waals surface area (Å²) in [6.07, 6.45) is -6.26. The van der Waals surface area contributed by atoms with E-state index in [0.29, 0.717) is 22.8 Å². The monoisotopic (exact) mass is 1250 g/mol. The summed E-state index contributed by atoms with van der Waals surface area (Å²) in [6, 6.07) is 49.8. The number of amides is 1. The van der Waals surface area contributed by atoms with Crippen molar-refractivity contribution in [3.05, 3.63) is 202 Å². The lowest BCUT2D eigenvalue weighted by molar-refractivity contribution is -0.336. The van der Waals surface area contributed by atoms with Crippen LogP contribution < -0.4 is 14.5 Å². The fourth-order valence-electron chi connectivity index (χ4n) is 13.9. The van der Waals surface area contributed by atoms with Gasteiger partial charge in [0.1, 0.15) is 84.7 Å². The van der Waals surface area contributed by atoms with Crippen molar-refractivity contribution < 1.29 is 66.4 Å². The summed E-state index contributed by atoms with van der Waals surface area (Å²) in [6.45, 7) is 19.0. The number of hydrogen-bond donors (Lipinski definition) is 0. The minimum Gasteiger partial charge on any atom is -0.461 e. The first-order valence-electron chi connectivity index (χ1n) is 32.2. The molecule has 0 bridgehead atoms. The van der Waals surface area contributed by atoms with Gasteiger partial charge in [0.05, 0.1) is 39.2 Å². The Balaban J connectivity index is 0.792. The van der Waals surface area contributed by atoms with Gasteiger partial charge in [-0.15, -0.1) is 5.10 Å². The van der Waals surface area contributed by atoms with E-state index in [2.05, 4.69) is 84.2 Å². The highest BCUT2D eigenvalue weighted by Gasteiger charge is 2.62. The molecule has 7 heterocycles. The first kappa shape index (κ1) is 63.2. The summed E-state index contributed by atoms with van der Waals surface area (Å²) in [5, 5.41) is 9.07. The highest BCUT2D eigenvalue weighted by molar-refractivity contribution is 6.02. The number of carbonyl (C=O) groups excluding carboxylic acids is 2. The van der Waals surface area contributed by atoms with E-state index < -0.39 is 84.5 Å². The van der Waals surface area contributed by atoms with E-state index in [0.717, 1.165) is 70.9 Å². The molecule has 0 unspecified atom stereocenters. The van der Waals surface area contributed by atoms with Gasteiger partial charge in [-0.2, -0.15) is 0 Å². The van der Waals surface area contributed by atoms with Gasteiger partial charge in [-0.3, -0.25) is 9.59 Å². The number of fused-ring (bicyclic) bond motifs is 9. The van der Waals surface area contributed by atoms with E-state index in [1.54, 1.807) is 6.20 Å². The van der Waals surface area contributed by atoms with Gasteiger partial charge in [0.25, 0.3) is 5.91 Å². The molecule has 7 aromatic rings. The van der Waals surface area contributed by atoms with E-state index in [9.17, 15) is 4.79 Å². The Kier molecular flexibility index (Phi) is 18.4. The van der Waals surface area contributed by atoms with Crippen LogP contribution in [0.4, 0.5) is 11.4 Å². The quantitative estimate of drug-likeness (QED) is 0.0520. The lowest BCUT2D eigenvalue weighted by Gasteiger charge is -2.46. The Morgan fingerprint density at radius 1 is 0.554 bits per heavy atom. The van der Waals surface area contributed by atoms with Crippen molar-refractivity contribution in [1.82, 2.24) is 19.9 Å². The zero-order chi connectivity index (χ0) is 63.7. The maximum Gasteiger partial charge on any atom is 0.327 e. The van der Waals surface area contributed by atoms with Crippen LogP contribution in [0.15, 0.2) is 158 Å². The lowest BCUT2D eigenvalue weighted by Crippen LogP contribution is -2.62. The molecule has 92 heavy (non-hydrogen) atoms. The molecule has 0 N–H and O–H groups in total. The molecule has 6 aromatic carbocycles. The molecule has 1 aromatic heterocycles. The smallest absolute Gasteiger partial charge is 0.327 e. The molecular formula is C72H82N6O14. The molecular weight excluding hydrogens is 1170 g/mol. The summed E-state index contributed by atoms with van der Waals surface area (Å²) in [5.74, 6) is -1.38. The number of carbonyl (C=O) groups is 2. The number of aromatic nitrogens is 3. The Labute approximate surface area is 537 Å². The van der Waals surface area contributed by atoms with Crippen molar-refractivity contribution in [3.63, 3.8) is 0 Å². The van der Waals surface area contributed by atoms with Gasteiger partial charge in [0, 0.05) is 66.4 Å². The van der Waals surface area contributed by atoms with Crippen molar-refractivity contribution in [2.45, 2.75) is 167 Å². The summed E-state index contributed by atoms with van der Waals surface area (Å²) in [4.78, 5) is 36.0. The number of benzene rings is 6. The van der Waals surface area contributed by atoms with Gasteiger partial charge in [-0.25, -0.2) is 4.68 Å². The highest BCUT2D eigenvalue weighted by atomic mass is 16.9. The van der Waals surface area contributed by atoms with Crippen LogP contribution in [-0.4, -0.2) is 144 Å². The molecule has 4 fully saturated rings. The summed E-state index contributed by atoms with van der Waals surface area (Å²) in [7, 11) is 0. The average Bonchev–Trinajstić information content (AvgIpc) is 1.44. The Bertz CT molecular complexity index is 3620. The van der Waals surface area contributed by atoms with Gasteiger partial charge >= 0.3 is 5.97 Å². The van der Waals surface area contributed by atoms with Gasteiger partial charge in [0.2, 0.25) is 0 Å². The average molecular weight is 1260 g/mol. The van der Waals surface area contributed by atoms with Crippen LogP contribution in [0, 0.1) is 0 Å². The van der Waals surface area contributed by atoms with Crippen molar-refractivity contribution >= 4 is 23.3 Å². The van der Waals surface area contributed by atoms with E-state index in [-0.39, 0.29) is 52.0 Å². The molecule has 10 atom stereocenters.